The van der Waals surface area contributed by atoms with Crippen LogP contribution in [0.3, 0.4) is 0 Å². The van der Waals surface area contributed by atoms with Gasteiger partial charge in [0.1, 0.15) is 17.4 Å². The fraction of sp³-hybridized carbons (Fsp3) is 0. The van der Waals surface area contributed by atoms with E-state index >= 15 is 0 Å². The van der Waals surface area contributed by atoms with E-state index in [-0.39, 0.29) is 5.69 Å². The lowest BCUT2D eigenvalue weighted by atomic mass is 10.0. The molecular formula is C19H13F2NO2. The summed E-state index contributed by atoms with van der Waals surface area (Å²) in [6.07, 6.45) is 3.05. The summed E-state index contributed by atoms with van der Waals surface area (Å²) in [6, 6.07) is 15.3. The molecule has 3 rings (SSSR count). The van der Waals surface area contributed by atoms with Crippen molar-refractivity contribution < 1.29 is 18.0 Å². The molecule has 0 spiro atoms. The molecule has 0 saturated carbocycles. The van der Waals surface area contributed by atoms with E-state index in [4.69, 9.17) is 4.42 Å². The maximum Gasteiger partial charge on any atom is 0.256 e. The molecule has 0 aliphatic carbocycles. The van der Waals surface area contributed by atoms with Gasteiger partial charge in [0, 0.05) is 6.07 Å². The summed E-state index contributed by atoms with van der Waals surface area (Å²) in [4.78, 5) is 12.6. The summed E-state index contributed by atoms with van der Waals surface area (Å²) >= 11 is 0. The van der Waals surface area contributed by atoms with E-state index in [1.54, 1.807) is 42.5 Å². The van der Waals surface area contributed by atoms with Crippen molar-refractivity contribution in [1.82, 2.24) is 0 Å². The molecule has 1 amide bonds. The van der Waals surface area contributed by atoms with Crippen LogP contribution in [0.15, 0.2) is 71.3 Å². The number of halogens is 2. The van der Waals surface area contributed by atoms with Crippen LogP contribution in [0.5, 0.6) is 0 Å². The SMILES string of the molecule is O=C(Nc1ccc(F)cc1F)/C(=C/c1ccco1)c1ccccc1. The molecule has 0 saturated heterocycles. The van der Waals surface area contributed by atoms with E-state index in [1.165, 1.54) is 12.3 Å². The Balaban J connectivity index is 1.95. The second-order valence-corrected chi connectivity index (χ2v) is 5.02. The summed E-state index contributed by atoms with van der Waals surface area (Å²) in [5, 5.41) is 2.46. The fourth-order valence-corrected chi connectivity index (χ4v) is 2.19. The number of anilines is 1. The number of carbonyl (C=O) groups is 1. The van der Waals surface area contributed by atoms with Crippen molar-refractivity contribution >= 4 is 23.2 Å². The monoisotopic (exact) mass is 325 g/mol. The van der Waals surface area contributed by atoms with E-state index in [2.05, 4.69) is 5.32 Å². The minimum absolute atomic E-state index is 0.0947. The second-order valence-electron chi connectivity index (χ2n) is 5.02. The van der Waals surface area contributed by atoms with Crippen LogP contribution < -0.4 is 5.32 Å². The Morgan fingerprint density at radius 1 is 1.00 bits per heavy atom. The first-order chi connectivity index (χ1) is 11.6. The molecule has 120 valence electrons. The van der Waals surface area contributed by atoms with Crippen LogP contribution in [-0.2, 0) is 4.79 Å². The number of amides is 1. The van der Waals surface area contributed by atoms with Gasteiger partial charge < -0.3 is 9.73 Å². The minimum Gasteiger partial charge on any atom is -0.465 e. The smallest absolute Gasteiger partial charge is 0.256 e. The first-order valence-electron chi connectivity index (χ1n) is 7.20. The van der Waals surface area contributed by atoms with Gasteiger partial charge in [0.15, 0.2) is 0 Å². The lowest BCUT2D eigenvalue weighted by Gasteiger charge is -2.10. The zero-order valence-corrected chi connectivity index (χ0v) is 12.5. The van der Waals surface area contributed by atoms with E-state index in [0.717, 1.165) is 6.07 Å². The number of nitrogens with one attached hydrogen (secondary N) is 1. The standard InChI is InChI=1S/C19H13F2NO2/c20-14-8-9-18(17(21)11-14)22-19(23)16(12-15-7-4-10-24-15)13-5-2-1-3-6-13/h1-12H,(H,22,23)/b16-12+. The zero-order chi connectivity index (χ0) is 16.9. The largest absolute Gasteiger partial charge is 0.465 e. The summed E-state index contributed by atoms with van der Waals surface area (Å²) in [7, 11) is 0. The van der Waals surface area contributed by atoms with Crippen LogP contribution in [-0.4, -0.2) is 5.91 Å². The van der Waals surface area contributed by atoms with Crippen LogP contribution in [0, 0.1) is 11.6 Å². The van der Waals surface area contributed by atoms with Crippen LogP contribution in [0.2, 0.25) is 0 Å². The first kappa shape index (κ1) is 15.7. The van der Waals surface area contributed by atoms with Crippen molar-refractivity contribution in [3.05, 3.63) is 89.9 Å². The number of benzene rings is 2. The highest BCUT2D eigenvalue weighted by molar-refractivity contribution is 6.29. The molecule has 1 N–H and O–H groups in total. The van der Waals surface area contributed by atoms with Crippen molar-refractivity contribution in [3.63, 3.8) is 0 Å². The van der Waals surface area contributed by atoms with Crippen LogP contribution in [0.4, 0.5) is 14.5 Å². The molecule has 24 heavy (non-hydrogen) atoms. The summed E-state index contributed by atoms with van der Waals surface area (Å²) < 4.78 is 32.0. The molecule has 0 radical (unpaired) electrons. The normalized spacial score (nSPS) is 11.3. The van der Waals surface area contributed by atoms with Crippen molar-refractivity contribution in [2.75, 3.05) is 5.32 Å². The molecule has 2 aromatic carbocycles. The van der Waals surface area contributed by atoms with Crippen molar-refractivity contribution in [3.8, 4) is 0 Å². The van der Waals surface area contributed by atoms with E-state index in [9.17, 15) is 13.6 Å². The van der Waals surface area contributed by atoms with Crippen LogP contribution in [0.1, 0.15) is 11.3 Å². The number of hydrogen-bond acceptors (Lipinski definition) is 2. The highest BCUT2D eigenvalue weighted by atomic mass is 19.1. The van der Waals surface area contributed by atoms with Gasteiger partial charge in [0.2, 0.25) is 0 Å². The Kier molecular flexibility index (Phi) is 4.52. The number of rotatable bonds is 4. The molecule has 0 bridgehead atoms. The van der Waals surface area contributed by atoms with Gasteiger partial charge in [0.05, 0.1) is 17.5 Å². The third kappa shape index (κ3) is 3.57. The molecule has 0 aliphatic rings. The molecule has 3 nitrogen and oxygen atoms in total. The molecule has 1 heterocycles. The lowest BCUT2D eigenvalue weighted by molar-refractivity contribution is -0.111. The highest BCUT2D eigenvalue weighted by Gasteiger charge is 2.15. The quantitative estimate of drug-likeness (QED) is 0.704. The lowest BCUT2D eigenvalue weighted by Crippen LogP contribution is -2.14. The molecule has 3 aromatic rings. The maximum absolute atomic E-state index is 13.8. The van der Waals surface area contributed by atoms with Gasteiger partial charge in [0.25, 0.3) is 5.91 Å². The first-order valence-corrected chi connectivity index (χ1v) is 7.20. The number of hydrogen-bond donors (Lipinski definition) is 1. The van der Waals surface area contributed by atoms with Gasteiger partial charge in [-0.3, -0.25) is 4.79 Å². The Hall–Kier alpha value is -3.21. The average Bonchev–Trinajstić information content (AvgIpc) is 3.09. The topological polar surface area (TPSA) is 42.2 Å². The van der Waals surface area contributed by atoms with Crippen molar-refractivity contribution in [2.24, 2.45) is 0 Å². The molecule has 0 aliphatic heterocycles. The molecular weight excluding hydrogens is 312 g/mol. The van der Waals surface area contributed by atoms with Crippen LogP contribution >= 0.6 is 0 Å². The molecule has 1 aromatic heterocycles. The Morgan fingerprint density at radius 3 is 2.46 bits per heavy atom. The third-order valence-corrected chi connectivity index (χ3v) is 3.34. The predicted octanol–water partition coefficient (Wildman–Crippen LogP) is 4.74. The number of furan rings is 1. The van der Waals surface area contributed by atoms with Gasteiger partial charge in [-0.2, -0.15) is 0 Å². The van der Waals surface area contributed by atoms with Gasteiger partial charge >= 0.3 is 0 Å². The third-order valence-electron chi connectivity index (χ3n) is 3.34. The zero-order valence-electron chi connectivity index (χ0n) is 12.5. The molecule has 0 unspecified atom stereocenters. The van der Waals surface area contributed by atoms with Crippen molar-refractivity contribution in [2.45, 2.75) is 0 Å². The fourth-order valence-electron chi connectivity index (χ4n) is 2.19. The van der Waals surface area contributed by atoms with E-state index in [0.29, 0.717) is 23.0 Å². The molecule has 0 atom stereocenters. The van der Waals surface area contributed by atoms with E-state index < -0.39 is 17.5 Å². The number of carbonyl (C=O) groups excluding carboxylic acids is 1. The second kappa shape index (κ2) is 6.91. The Bertz CT molecular complexity index is 872. The summed E-state index contributed by atoms with van der Waals surface area (Å²) in [6.45, 7) is 0. The predicted molar refractivity (Wildman–Crippen MR) is 88.0 cm³/mol. The summed E-state index contributed by atoms with van der Waals surface area (Å²) in [5.41, 5.74) is 0.853. The van der Waals surface area contributed by atoms with Gasteiger partial charge in [-0.15, -0.1) is 0 Å². The highest BCUT2D eigenvalue weighted by Crippen LogP contribution is 2.22. The Morgan fingerprint density at radius 2 is 1.79 bits per heavy atom. The maximum atomic E-state index is 13.8. The minimum atomic E-state index is -0.839. The van der Waals surface area contributed by atoms with Crippen molar-refractivity contribution in [1.29, 1.82) is 0 Å². The van der Waals surface area contributed by atoms with E-state index in [1.807, 2.05) is 6.07 Å². The van der Waals surface area contributed by atoms with Gasteiger partial charge in [-0.25, -0.2) is 8.78 Å². The average molecular weight is 325 g/mol. The molecule has 5 heteroatoms. The van der Waals surface area contributed by atoms with Crippen LogP contribution in [0.25, 0.3) is 11.6 Å². The van der Waals surface area contributed by atoms with Gasteiger partial charge in [-0.05, 0) is 35.9 Å². The van der Waals surface area contributed by atoms with Gasteiger partial charge in [-0.1, -0.05) is 30.3 Å². The summed E-state index contributed by atoms with van der Waals surface area (Å²) in [5.74, 6) is -1.58. The molecule has 0 fully saturated rings. The Labute approximate surface area is 137 Å².